The van der Waals surface area contributed by atoms with E-state index in [0.717, 1.165) is 25.8 Å². The number of likely N-dealkylation sites (N-methyl/N-ethyl adjacent to an activating group) is 1. The number of nitrogens with zero attached hydrogens (tertiary/aromatic N) is 1. The van der Waals surface area contributed by atoms with Crippen molar-refractivity contribution in [3.8, 4) is 0 Å². The molecule has 0 aromatic carbocycles. The number of thioether (sulfide) groups is 1. The van der Waals surface area contributed by atoms with Crippen LogP contribution in [0.3, 0.4) is 0 Å². The molecule has 2 aliphatic heterocycles. The van der Waals surface area contributed by atoms with Crippen LogP contribution >= 0.6 is 23.4 Å². The zero-order valence-corrected chi connectivity index (χ0v) is 18.0. The summed E-state index contributed by atoms with van der Waals surface area (Å²) in [6.45, 7) is 4.74. The first-order valence-electron chi connectivity index (χ1n) is 9.58. The van der Waals surface area contributed by atoms with Gasteiger partial charge >= 0.3 is 0 Å². The number of alkyl halides is 1. The first-order chi connectivity index (χ1) is 12.7. The number of hydrogen-bond acceptors (Lipinski definition) is 7. The van der Waals surface area contributed by atoms with E-state index in [9.17, 15) is 20.1 Å². The van der Waals surface area contributed by atoms with Gasteiger partial charge in [-0.1, -0.05) is 13.3 Å². The predicted molar refractivity (Wildman–Crippen MR) is 107 cm³/mol. The quantitative estimate of drug-likeness (QED) is 0.438. The van der Waals surface area contributed by atoms with Gasteiger partial charge in [-0.25, -0.2) is 0 Å². The highest BCUT2D eigenvalue weighted by molar-refractivity contribution is 7.99. The van der Waals surface area contributed by atoms with Gasteiger partial charge in [-0.15, -0.1) is 23.4 Å². The first kappa shape index (κ1) is 23.2. The molecule has 1 amide bonds. The molecule has 0 radical (unpaired) electrons. The third-order valence-electron chi connectivity index (χ3n) is 5.63. The highest BCUT2D eigenvalue weighted by Gasteiger charge is 2.48. The molecule has 0 bridgehead atoms. The van der Waals surface area contributed by atoms with Crippen LogP contribution in [0.1, 0.15) is 33.1 Å². The number of halogens is 1. The van der Waals surface area contributed by atoms with Crippen molar-refractivity contribution >= 4 is 29.3 Å². The van der Waals surface area contributed by atoms with Crippen LogP contribution in [-0.4, -0.2) is 93.3 Å². The van der Waals surface area contributed by atoms with E-state index in [-0.39, 0.29) is 11.9 Å². The van der Waals surface area contributed by atoms with E-state index in [4.69, 9.17) is 16.3 Å². The number of likely N-dealkylation sites (tertiary alicyclic amines) is 1. The summed E-state index contributed by atoms with van der Waals surface area (Å²) in [5.41, 5.74) is -0.702. The zero-order chi connectivity index (χ0) is 20.3. The Labute approximate surface area is 170 Å². The van der Waals surface area contributed by atoms with Crippen LogP contribution in [0, 0.1) is 5.92 Å². The van der Waals surface area contributed by atoms with E-state index in [2.05, 4.69) is 12.2 Å². The fourth-order valence-electron chi connectivity index (χ4n) is 4.11. The minimum absolute atomic E-state index is 0.147. The SMILES string of the molecule is CCC[C@@H]1C[C@@H](C(=O)N[C@@H](C(C)Cl)C2O[C@H](SC)[C@H](O)[C@@H](O)[C@H]2O)N(C)C1. The molecule has 0 aromatic rings. The van der Waals surface area contributed by atoms with Crippen LogP contribution in [0.4, 0.5) is 0 Å². The summed E-state index contributed by atoms with van der Waals surface area (Å²) >= 11 is 7.55. The highest BCUT2D eigenvalue weighted by Crippen LogP contribution is 2.31. The van der Waals surface area contributed by atoms with Crippen molar-refractivity contribution in [2.45, 2.75) is 80.4 Å². The van der Waals surface area contributed by atoms with Gasteiger partial charge in [0.2, 0.25) is 5.91 Å². The van der Waals surface area contributed by atoms with Crippen LogP contribution < -0.4 is 5.32 Å². The molecule has 158 valence electrons. The number of ether oxygens (including phenoxy) is 1. The third kappa shape index (κ3) is 5.29. The minimum Gasteiger partial charge on any atom is -0.388 e. The summed E-state index contributed by atoms with van der Waals surface area (Å²) in [7, 11) is 1.94. The Kier molecular flexibility index (Phi) is 8.67. The van der Waals surface area contributed by atoms with Gasteiger partial charge in [0.1, 0.15) is 29.9 Å². The highest BCUT2D eigenvalue weighted by atomic mass is 35.5. The molecule has 27 heavy (non-hydrogen) atoms. The fourth-order valence-corrected chi connectivity index (χ4v) is 5.00. The van der Waals surface area contributed by atoms with Crippen molar-refractivity contribution in [2.24, 2.45) is 5.92 Å². The van der Waals surface area contributed by atoms with E-state index in [1.807, 2.05) is 11.9 Å². The number of hydrogen-bond donors (Lipinski definition) is 4. The standard InChI is InChI=1S/C18H33ClN2O5S/c1-5-6-10-7-11(21(3)8-10)17(25)20-12(9(2)19)16-14(23)13(22)15(24)18(26-16)27-4/h9-16,18,22-24H,5-8H2,1-4H3,(H,20,25)/t9?,10-,11+,12+,13+,14-,15-,16?,18-/m1/s1. The maximum atomic E-state index is 12.9. The lowest BCUT2D eigenvalue weighted by molar-refractivity contribution is -0.205. The Morgan fingerprint density at radius 1 is 1.33 bits per heavy atom. The molecule has 0 spiro atoms. The molecule has 0 saturated carbocycles. The smallest absolute Gasteiger partial charge is 0.237 e. The van der Waals surface area contributed by atoms with Crippen molar-refractivity contribution in [3.05, 3.63) is 0 Å². The maximum Gasteiger partial charge on any atom is 0.237 e. The number of carbonyl (C=O) groups excluding carboxylic acids is 1. The average molecular weight is 425 g/mol. The lowest BCUT2D eigenvalue weighted by atomic mass is 9.92. The monoisotopic (exact) mass is 424 g/mol. The zero-order valence-electron chi connectivity index (χ0n) is 16.4. The molecule has 7 nitrogen and oxygen atoms in total. The molecule has 2 unspecified atom stereocenters. The summed E-state index contributed by atoms with van der Waals surface area (Å²) in [6.07, 6.45) is -0.0980. The molecule has 0 aliphatic carbocycles. The number of aliphatic hydroxyl groups excluding tert-OH is 3. The van der Waals surface area contributed by atoms with E-state index in [0.29, 0.717) is 5.92 Å². The molecule has 9 atom stereocenters. The second kappa shape index (κ2) is 10.1. The molecule has 2 rings (SSSR count). The number of aliphatic hydroxyl groups is 3. The van der Waals surface area contributed by atoms with Crippen LogP contribution in [0.2, 0.25) is 0 Å². The summed E-state index contributed by atoms with van der Waals surface area (Å²) in [5, 5.41) is 33.0. The topological polar surface area (TPSA) is 102 Å². The molecule has 2 fully saturated rings. The summed E-state index contributed by atoms with van der Waals surface area (Å²) in [4.78, 5) is 14.9. The number of rotatable bonds is 7. The lowest BCUT2D eigenvalue weighted by Gasteiger charge is -2.44. The number of carbonyl (C=O) groups is 1. The fraction of sp³-hybridized carbons (Fsp3) is 0.944. The number of nitrogens with one attached hydrogen (secondary N) is 1. The van der Waals surface area contributed by atoms with Gasteiger partial charge < -0.3 is 25.4 Å². The van der Waals surface area contributed by atoms with Gasteiger partial charge in [0.05, 0.1) is 17.5 Å². The van der Waals surface area contributed by atoms with E-state index < -0.39 is 41.3 Å². The van der Waals surface area contributed by atoms with Gasteiger partial charge in [-0.3, -0.25) is 9.69 Å². The molecule has 2 saturated heterocycles. The van der Waals surface area contributed by atoms with Gasteiger partial charge in [-0.05, 0) is 39.0 Å². The second-order valence-electron chi connectivity index (χ2n) is 7.73. The lowest BCUT2D eigenvalue weighted by Crippen LogP contribution is -2.65. The molecule has 2 aliphatic rings. The maximum absolute atomic E-state index is 12.9. The van der Waals surface area contributed by atoms with Crippen LogP contribution in [-0.2, 0) is 9.53 Å². The van der Waals surface area contributed by atoms with E-state index in [1.54, 1.807) is 13.2 Å². The van der Waals surface area contributed by atoms with Gasteiger partial charge in [0.15, 0.2) is 0 Å². The molecule has 0 aromatic heterocycles. The molecular formula is C18H33ClN2O5S. The Hall–Kier alpha value is -0.0900. The van der Waals surface area contributed by atoms with Crippen molar-refractivity contribution in [1.29, 1.82) is 0 Å². The van der Waals surface area contributed by atoms with Gasteiger partial charge in [0.25, 0.3) is 0 Å². The summed E-state index contributed by atoms with van der Waals surface area (Å²) < 4.78 is 5.79. The predicted octanol–water partition coefficient (Wildman–Crippen LogP) is 0.390. The normalized spacial score (nSPS) is 39.9. The molecule has 9 heteroatoms. The first-order valence-corrected chi connectivity index (χ1v) is 11.3. The van der Waals surface area contributed by atoms with Crippen molar-refractivity contribution in [2.75, 3.05) is 19.8 Å². The van der Waals surface area contributed by atoms with Crippen molar-refractivity contribution in [3.63, 3.8) is 0 Å². The van der Waals surface area contributed by atoms with Crippen LogP contribution in [0.5, 0.6) is 0 Å². The molecular weight excluding hydrogens is 392 g/mol. The molecule has 4 N–H and O–H groups in total. The van der Waals surface area contributed by atoms with Crippen LogP contribution in [0.15, 0.2) is 0 Å². The minimum atomic E-state index is -1.36. The summed E-state index contributed by atoms with van der Waals surface area (Å²) in [5.74, 6) is 0.350. The van der Waals surface area contributed by atoms with E-state index in [1.165, 1.54) is 11.8 Å². The van der Waals surface area contributed by atoms with Gasteiger partial charge in [-0.2, -0.15) is 0 Å². The van der Waals surface area contributed by atoms with Crippen LogP contribution in [0.25, 0.3) is 0 Å². The second-order valence-corrected chi connectivity index (χ2v) is 9.36. The van der Waals surface area contributed by atoms with Crippen molar-refractivity contribution in [1.82, 2.24) is 10.2 Å². The summed E-state index contributed by atoms with van der Waals surface area (Å²) in [6, 6.07) is -0.934. The Morgan fingerprint density at radius 3 is 2.56 bits per heavy atom. The largest absolute Gasteiger partial charge is 0.388 e. The van der Waals surface area contributed by atoms with Crippen molar-refractivity contribution < 1.29 is 24.9 Å². The molecule has 2 heterocycles. The third-order valence-corrected chi connectivity index (χ3v) is 6.76. The Balaban J connectivity index is 2.09. The Bertz CT molecular complexity index is 498. The number of amides is 1. The Morgan fingerprint density at radius 2 is 2.00 bits per heavy atom. The van der Waals surface area contributed by atoms with Gasteiger partial charge in [0, 0.05) is 6.54 Å². The average Bonchev–Trinajstić information content (AvgIpc) is 2.99. The van der Waals surface area contributed by atoms with E-state index >= 15 is 0 Å².